The second-order valence-electron chi connectivity index (χ2n) is 6.42. The largest absolute Gasteiger partial charge is 0.344 e. The summed E-state index contributed by atoms with van der Waals surface area (Å²) in [6, 6.07) is 0. The first kappa shape index (κ1) is 25.9. The van der Waals surface area contributed by atoms with Crippen LogP contribution in [0.5, 0.6) is 0 Å². The normalized spacial score (nSPS) is 9.71. The van der Waals surface area contributed by atoms with Crippen LogP contribution in [-0.4, -0.2) is 0 Å². The van der Waals surface area contributed by atoms with Crippen molar-refractivity contribution in [2.45, 2.75) is 111 Å². The van der Waals surface area contributed by atoms with E-state index in [1.54, 1.807) is 5.57 Å². The molecule has 21 heavy (non-hydrogen) atoms. The molecule has 0 radical (unpaired) electrons. The van der Waals surface area contributed by atoms with Gasteiger partial charge in [0.2, 0.25) is 0 Å². The Morgan fingerprint density at radius 3 is 1.24 bits per heavy atom. The van der Waals surface area contributed by atoms with E-state index in [9.17, 15) is 0 Å². The number of rotatable bonds is 13. The molecular weight excluding hydrogens is 278 g/mol. The fourth-order valence-electron chi connectivity index (χ4n) is 2.48. The van der Waals surface area contributed by atoms with Gasteiger partial charge in [-0.05, 0) is 33.6 Å². The molecule has 0 fully saturated rings. The van der Waals surface area contributed by atoms with Gasteiger partial charge in [-0.25, -0.2) is 0 Å². The summed E-state index contributed by atoms with van der Waals surface area (Å²) < 4.78 is 0. The van der Waals surface area contributed by atoms with E-state index in [0.717, 1.165) is 0 Å². The topological polar surface area (TPSA) is 35.0 Å². The highest BCUT2D eigenvalue weighted by Crippen LogP contribution is 2.15. The first-order valence-corrected chi connectivity index (χ1v) is 8.81. The van der Waals surface area contributed by atoms with Crippen molar-refractivity contribution >= 4 is 12.4 Å². The van der Waals surface area contributed by atoms with Crippen LogP contribution in [0.1, 0.15) is 111 Å². The predicted molar refractivity (Wildman–Crippen MR) is 102 cm³/mol. The Hall–Kier alpha value is -0.0100. The highest BCUT2D eigenvalue weighted by Gasteiger charge is 1.95. The molecule has 0 heterocycles. The number of unbranched alkanes of at least 4 members (excludes halogenated alkanes) is 11. The fraction of sp³-hybridized carbons (Fsp3) is 0.895. The molecule has 0 aliphatic carbocycles. The minimum Gasteiger partial charge on any atom is -0.344 e. The molecule has 0 rings (SSSR count). The van der Waals surface area contributed by atoms with Gasteiger partial charge >= 0.3 is 0 Å². The van der Waals surface area contributed by atoms with Gasteiger partial charge in [-0.1, -0.05) is 88.7 Å². The molecule has 0 bridgehead atoms. The van der Waals surface area contributed by atoms with E-state index in [1.165, 1.54) is 89.0 Å². The third-order valence-corrected chi connectivity index (χ3v) is 4.26. The minimum atomic E-state index is 0. The van der Waals surface area contributed by atoms with Crippen molar-refractivity contribution in [2.75, 3.05) is 0 Å². The number of hydrogen-bond donors (Lipinski definition) is 1. The molecule has 3 N–H and O–H groups in total. The van der Waals surface area contributed by atoms with E-state index >= 15 is 0 Å². The van der Waals surface area contributed by atoms with E-state index < -0.39 is 0 Å². The Morgan fingerprint density at radius 1 is 0.571 bits per heavy atom. The average molecular weight is 320 g/mol. The maximum Gasteiger partial charge on any atom is -0.0321 e. The molecule has 0 saturated carbocycles. The van der Waals surface area contributed by atoms with Crippen molar-refractivity contribution in [2.24, 2.45) is 0 Å². The molecule has 0 aliphatic heterocycles. The van der Waals surface area contributed by atoms with Gasteiger partial charge in [-0.3, -0.25) is 0 Å². The van der Waals surface area contributed by atoms with Crippen molar-refractivity contribution in [3.63, 3.8) is 0 Å². The van der Waals surface area contributed by atoms with E-state index in [1.807, 2.05) is 0 Å². The van der Waals surface area contributed by atoms with E-state index in [4.69, 9.17) is 0 Å². The molecule has 0 aromatic carbocycles. The zero-order valence-corrected chi connectivity index (χ0v) is 16.1. The van der Waals surface area contributed by atoms with Crippen molar-refractivity contribution in [1.82, 2.24) is 6.15 Å². The van der Waals surface area contributed by atoms with E-state index in [-0.39, 0.29) is 18.6 Å². The summed E-state index contributed by atoms with van der Waals surface area (Å²) in [7, 11) is 0. The number of allylic oxidation sites excluding steroid dienone is 2. The lowest BCUT2D eigenvalue weighted by atomic mass is 10.0. The van der Waals surface area contributed by atoms with Crippen LogP contribution in [0.15, 0.2) is 11.1 Å². The summed E-state index contributed by atoms with van der Waals surface area (Å²) in [5.74, 6) is 0. The zero-order chi connectivity index (χ0) is 14.3. The lowest BCUT2D eigenvalue weighted by molar-refractivity contribution is 0.543. The predicted octanol–water partition coefficient (Wildman–Crippen LogP) is 8.02. The molecular formula is C19H42ClN. The summed E-state index contributed by atoms with van der Waals surface area (Å²) in [6.45, 7) is 9.04. The Kier molecular flexibility index (Phi) is 24.7. The molecule has 0 amide bonds. The number of hydrogen-bond acceptors (Lipinski definition) is 1. The van der Waals surface area contributed by atoms with Crippen LogP contribution < -0.4 is 6.15 Å². The quantitative estimate of drug-likeness (QED) is 0.270. The third kappa shape index (κ3) is 20.0. The second kappa shape index (κ2) is 20.0. The highest BCUT2D eigenvalue weighted by molar-refractivity contribution is 5.85. The van der Waals surface area contributed by atoms with Gasteiger partial charge in [0.1, 0.15) is 0 Å². The van der Waals surface area contributed by atoms with Crippen molar-refractivity contribution < 1.29 is 0 Å². The average Bonchev–Trinajstić information content (AvgIpc) is 2.39. The van der Waals surface area contributed by atoms with Crippen LogP contribution in [0.2, 0.25) is 0 Å². The molecule has 0 spiro atoms. The van der Waals surface area contributed by atoms with Crippen LogP contribution in [0.3, 0.4) is 0 Å². The van der Waals surface area contributed by atoms with Crippen molar-refractivity contribution in [3.05, 3.63) is 11.1 Å². The molecule has 1 nitrogen and oxygen atoms in total. The molecule has 0 aromatic rings. The standard InChI is InChI=1S/C19H38.ClH.H3N/c1-5-6-7-8-9-10-11-12-13-14-15-16-17-19(4)18(2)3;;/h5-17H2,1-4H3;1H;1H3. The first-order valence-electron chi connectivity index (χ1n) is 8.81. The first-order chi connectivity index (χ1) is 9.18. The monoisotopic (exact) mass is 319 g/mol. The van der Waals surface area contributed by atoms with Crippen LogP contribution in [0.25, 0.3) is 0 Å². The number of halogens is 1. The van der Waals surface area contributed by atoms with Crippen LogP contribution in [-0.2, 0) is 0 Å². The Labute approximate surface area is 141 Å². The Morgan fingerprint density at radius 2 is 0.905 bits per heavy atom. The smallest absolute Gasteiger partial charge is 0.0321 e. The minimum absolute atomic E-state index is 0. The summed E-state index contributed by atoms with van der Waals surface area (Å²) in [5.41, 5.74) is 3.12. The lowest BCUT2D eigenvalue weighted by Crippen LogP contribution is -1.84. The van der Waals surface area contributed by atoms with E-state index in [0.29, 0.717) is 0 Å². The lowest BCUT2D eigenvalue weighted by Gasteiger charge is -2.04. The Balaban J connectivity index is -0.00000162. The van der Waals surface area contributed by atoms with Gasteiger partial charge < -0.3 is 6.15 Å². The summed E-state index contributed by atoms with van der Waals surface area (Å²) in [6.07, 6.45) is 18.7. The summed E-state index contributed by atoms with van der Waals surface area (Å²) in [4.78, 5) is 0. The maximum atomic E-state index is 2.29. The van der Waals surface area contributed by atoms with Crippen LogP contribution >= 0.6 is 12.4 Å². The van der Waals surface area contributed by atoms with E-state index in [2.05, 4.69) is 27.7 Å². The van der Waals surface area contributed by atoms with Gasteiger partial charge in [0.15, 0.2) is 0 Å². The molecule has 130 valence electrons. The van der Waals surface area contributed by atoms with Gasteiger partial charge in [-0.2, -0.15) is 0 Å². The second-order valence-corrected chi connectivity index (χ2v) is 6.42. The van der Waals surface area contributed by atoms with Gasteiger partial charge in [0.25, 0.3) is 0 Å². The molecule has 0 aliphatic rings. The van der Waals surface area contributed by atoms with Gasteiger partial charge in [0, 0.05) is 0 Å². The Bertz CT molecular complexity index is 220. The van der Waals surface area contributed by atoms with Crippen LogP contribution in [0.4, 0.5) is 0 Å². The van der Waals surface area contributed by atoms with Gasteiger partial charge in [-0.15, -0.1) is 12.4 Å². The maximum absolute atomic E-state index is 2.29. The molecule has 0 atom stereocenters. The molecule has 2 heteroatoms. The van der Waals surface area contributed by atoms with Crippen LogP contribution in [0, 0.1) is 0 Å². The fourth-order valence-corrected chi connectivity index (χ4v) is 2.48. The SMILES string of the molecule is CCCCCCCCCCCCCCC(C)=C(C)C.Cl.N. The summed E-state index contributed by atoms with van der Waals surface area (Å²) in [5, 5.41) is 0. The van der Waals surface area contributed by atoms with Gasteiger partial charge in [0.05, 0.1) is 0 Å². The zero-order valence-electron chi connectivity index (χ0n) is 15.3. The van der Waals surface area contributed by atoms with Crippen molar-refractivity contribution in [3.8, 4) is 0 Å². The highest BCUT2D eigenvalue weighted by atomic mass is 35.5. The molecule has 0 aromatic heterocycles. The molecule has 0 saturated heterocycles. The summed E-state index contributed by atoms with van der Waals surface area (Å²) >= 11 is 0. The molecule has 0 unspecified atom stereocenters. The third-order valence-electron chi connectivity index (χ3n) is 4.26. The van der Waals surface area contributed by atoms with Crippen molar-refractivity contribution in [1.29, 1.82) is 0 Å².